The number of amides is 2. The first-order valence-electron chi connectivity index (χ1n) is 5.62. The molecule has 0 aliphatic heterocycles. The maximum atomic E-state index is 12.0. The van der Waals surface area contributed by atoms with Crippen LogP contribution < -0.4 is 11.1 Å². The monoisotopic (exact) mass is 265 g/mol. The van der Waals surface area contributed by atoms with Crippen molar-refractivity contribution in [2.24, 2.45) is 5.73 Å². The summed E-state index contributed by atoms with van der Waals surface area (Å²) in [4.78, 5) is 38.0. The number of hydrogen-bond donors (Lipinski definition) is 3. The minimum absolute atomic E-state index is 0.233. The van der Waals surface area contributed by atoms with Gasteiger partial charge >= 0.3 is 5.97 Å². The number of aromatic carboxylic acids is 1. The van der Waals surface area contributed by atoms with E-state index in [1.165, 1.54) is 25.3 Å². The number of nitrogens with two attached hydrogens (primary N) is 1. The van der Waals surface area contributed by atoms with Crippen molar-refractivity contribution in [1.29, 1.82) is 0 Å². The lowest BCUT2D eigenvalue weighted by Gasteiger charge is -2.25. The van der Waals surface area contributed by atoms with E-state index in [-0.39, 0.29) is 17.7 Å². The lowest BCUT2D eigenvalue weighted by atomic mass is 9.97. The molecular weight excluding hydrogens is 250 g/mol. The van der Waals surface area contributed by atoms with Gasteiger partial charge < -0.3 is 16.2 Å². The molecule has 1 aromatic rings. The largest absolute Gasteiger partial charge is 0.478 e. The molecule has 0 spiro atoms. The van der Waals surface area contributed by atoms with Gasteiger partial charge in [0.2, 0.25) is 5.91 Å². The summed E-state index contributed by atoms with van der Waals surface area (Å²) in [5.41, 5.74) is 3.48. The van der Waals surface area contributed by atoms with Gasteiger partial charge in [-0.05, 0) is 25.5 Å². The minimum atomic E-state index is -1.27. The van der Waals surface area contributed by atoms with E-state index < -0.39 is 23.3 Å². The predicted molar refractivity (Wildman–Crippen MR) is 66.6 cm³/mol. The lowest BCUT2D eigenvalue weighted by Crippen LogP contribution is -2.55. The standard InChI is InChI=1S/C12H15N3O4/c1-3-12(2,11(13)19)15-9(16)8-7(10(17)18)5-4-6-14-8/h4-6H,3H2,1-2H3,(H2,13,19)(H,15,16)(H,17,18). The molecule has 4 N–H and O–H groups in total. The van der Waals surface area contributed by atoms with Gasteiger partial charge in [0.05, 0.1) is 5.56 Å². The highest BCUT2D eigenvalue weighted by Crippen LogP contribution is 2.11. The van der Waals surface area contributed by atoms with Crippen LogP contribution in [-0.2, 0) is 4.79 Å². The molecule has 1 unspecified atom stereocenters. The molecule has 102 valence electrons. The van der Waals surface area contributed by atoms with Crippen LogP contribution >= 0.6 is 0 Å². The third-order valence-corrected chi connectivity index (χ3v) is 2.89. The first kappa shape index (κ1) is 14.6. The Bertz CT molecular complexity index is 529. The Labute approximate surface area is 109 Å². The molecule has 1 aromatic heterocycles. The van der Waals surface area contributed by atoms with E-state index in [0.29, 0.717) is 0 Å². The van der Waals surface area contributed by atoms with Crippen molar-refractivity contribution in [2.45, 2.75) is 25.8 Å². The summed E-state index contributed by atoms with van der Waals surface area (Å²) < 4.78 is 0. The number of aromatic nitrogens is 1. The van der Waals surface area contributed by atoms with E-state index in [2.05, 4.69) is 10.3 Å². The summed E-state index contributed by atoms with van der Waals surface area (Å²) in [5, 5.41) is 11.4. The molecule has 0 aromatic carbocycles. The number of nitrogens with one attached hydrogen (secondary N) is 1. The van der Waals surface area contributed by atoms with Crippen LogP contribution in [0, 0.1) is 0 Å². The molecule has 7 heteroatoms. The first-order valence-corrected chi connectivity index (χ1v) is 5.62. The zero-order valence-corrected chi connectivity index (χ0v) is 10.6. The minimum Gasteiger partial charge on any atom is -0.478 e. The molecule has 0 aliphatic rings. The summed E-state index contributed by atoms with van der Waals surface area (Å²) in [7, 11) is 0. The van der Waals surface area contributed by atoms with E-state index in [4.69, 9.17) is 10.8 Å². The Kier molecular flexibility index (Phi) is 4.21. The van der Waals surface area contributed by atoms with Gasteiger partial charge in [-0.3, -0.25) is 14.6 Å². The topological polar surface area (TPSA) is 122 Å². The summed E-state index contributed by atoms with van der Waals surface area (Å²) in [6.07, 6.45) is 1.58. The molecule has 1 atom stereocenters. The maximum Gasteiger partial charge on any atom is 0.338 e. The number of pyridine rings is 1. The molecule has 0 saturated heterocycles. The summed E-state index contributed by atoms with van der Waals surface area (Å²) in [5.74, 6) is -2.71. The number of rotatable bonds is 5. The van der Waals surface area contributed by atoms with Gasteiger partial charge in [-0.2, -0.15) is 0 Å². The molecule has 19 heavy (non-hydrogen) atoms. The molecule has 0 saturated carbocycles. The molecule has 2 amide bonds. The fourth-order valence-electron chi connectivity index (χ4n) is 1.39. The molecule has 0 bridgehead atoms. The van der Waals surface area contributed by atoms with Gasteiger partial charge in [0.15, 0.2) is 0 Å². The zero-order valence-electron chi connectivity index (χ0n) is 10.6. The summed E-state index contributed by atoms with van der Waals surface area (Å²) in [6.45, 7) is 3.15. The maximum absolute atomic E-state index is 12.0. The number of carbonyl (C=O) groups excluding carboxylic acids is 2. The Morgan fingerprint density at radius 2 is 2.11 bits per heavy atom. The highest BCUT2D eigenvalue weighted by atomic mass is 16.4. The number of carbonyl (C=O) groups is 3. The number of hydrogen-bond acceptors (Lipinski definition) is 4. The molecule has 0 fully saturated rings. The second-order valence-corrected chi connectivity index (χ2v) is 4.21. The number of primary amides is 1. The number of carboxylic acids is 1. The van der Waals surface area contributed by atoms with Crippen LogP contribution in [0.15, 0.2) is 18.3 Å². The zero-order chi connectivity index (χ0) is 14.6. The molecule has 1 heterocycles. The van der Waals surface area contributed by atoms with Crippen LogP contribution in [0.4, 0.5) is 0 Å². The Balaban J connectivity index is 3.09. The Morgan fingerprint density at radius 1 is 1.47 bits per heavy atom. The van der Waals surface area contributed by atoms with Crippen LogP contribution in [0.5, 0.6) is 0 Å². The van der Waals surface area contributed by atoms with Gasteiger partial charge in [0.1, 0.15) is 11.2 Å². The van der Waals surface area contributed by atoms with Crippen LogP contribution in [-0.4, -0.2) is 33.4 Å². The second-order valence-electron chi connectivity index (χ2n) is 4.21. The van der Waals surface area contributed by atoms with Gasteiger partial charge in [0, 0.05) is 6.20 Å². The van der Waals surface area contributed by atoms with Crippen molar-refractivity contribution < 1.29 is 19.5 Å². The molecular formula is C12H15N3O4. The van der Waals surface area contributed by atoms with Crippen LogP contribution in [0.3, 0.4) is 0 Å². The predicted octanol–water partition coefficient (Wildman–Crippen LogP) is 0.164. The molecule has 7 nitrogen and oxygen atoms in total. The highest BCUT2D eigenvalue weighted by Gasteiger charge is 2.32. The average molecular weight is 265 g/mol. The fraction of sp³-hybridized carbons (Fsp3) is 0.333. The van der Waals surface area contributed by atoms with E-state index in [0.717, 1.165) is 0 Å². The third kappa shape index (κ3) is 3.06. The van der Waals surface area contributed by atoms with Crippen LogP contribution in [0.25, 0.3) is 0 Å². The normalized spacial score (nSPS) is 13.4. The van der Waals surface area contributed by atoms with Crippen molar-refractivity contribution >= 4 is 17.8 Å². The first-order chi connectivity index (χ1) is 8.81. The van der Waals surface area contributed by atoms with E-state index in [1.807, 2.05) is 0 Å². The Morgan fingerprint density at radius 3 is 2.58 bits per heavy atom. The van der Waals surface area contributed by atoms with Crippen molar-refractivity contribution in [3.63, 3.8) is 0 Å². The molecule has 1 rings (SSSR count). The van der Waals surface area contributed by atoms with Crippen molar-refractivity contribution in [3.8, 4) is 0 Å². The average Bonchev–Trinajstić information content (AvgIpc) is 2.38. The number of nitrogens with zero attached hydrogens (tertiary/aromatic N) is 1. The SMILES string of the molecule is CCC(C)(NC(=O)c1ncccc1C(=O)O)C(N)=O. The third-order valence-electron chi connectivity index (χ3n) is 2.89. The fourth-order valence-corrected chi connectivity index (χ4v) is 1.39. The highest BCUT2D eigenvalue weighted by molar-refractivity contribution is 6.05. The van der Waals surface area contributed by atoms with E-state index in [1.54, 1.807) is 6.92 Å². The Hall–Kier alpha value is -2.44. The van der Waals surface area contributed by atoms with Gasteiger partial charge in [-0.25, -0.2) is 4.79 Å². The van der Waals surface area contributed by atoms with Gasteiger partial charge in [-0.1, -0.05) is 6.92 Å². The smallest absolute Gasteiger partial charge is 0.338 e. The van der Waals surface area contributed by atoms with E-state index in [9.17, 15) is 14.4 Å². The van der Waals surface area contributed by atoms with Crippen molar-refractivity contribution in [3.05, 3.63) is 29.6 Å². The van der Waals surface area contributed by atoms with E-state index >= 15 is 0 Å². The molecule has 0 radical (unpaired) electrons. The molecule has 0 aliphatic carbocycles. The van der Waals surface area contributed by atoms with Crippen LogP contribution in [0.2, 0.25) is 0 Å². The van der Waals surface area contributed by atoms with Crippen molar-refractivity contribution in [2.75, 3.05) is 0 Å². The van der Waals surface area contributed by atoms with Gasteiger partial charge in [-0.15, -0.1) is 0 Å². The summed E-state index contributed by atoms with van der Waals surface area (Å²) in [6, 6.07) is 2.67. The lowest BCUT2D eigenvalue weighted by molar-refractivity contribution is -0.123. The van der Waals surface area contributed by atoms with Crippen molar-refractivity contribution in [1.82, 2.24) is 10.3 Å². The summed E-state index contributed by atoms with van der Waals surface area (Å²) >= 11 is 0. The number of carboxylic acid groups (broad SMARTS) is 1. The van der Waals surface area contributed by atoms with Gasteiger partial charge in [0.25, 0.3) is 5.91 Å². The second kappa shape index (κ2) is 5.47. The quantitative estimate of drug-likeness (QED) is 0.700. The van der Waals surface area contributed by atoms with Crippen LogP contribution in [0.1, 0.15) is 41.1 Å².